The average Bonchev–Trinajstić information content (AvgIpc) is 2.91. The minimum atomic E-state index is 0.159. The van der Waals surface area contributed by atoms with E-state index in [1.807, 2.05) is 6.08 Å². The Bertz CT molecular complexity index is 313. The summed E-state index contributed by atoms with van der Waals surface area (Å²) >= 11 is 3.36. The van der Waals surface area contributed by atoms with Crippen LogP contribution in [0.3, 0.4) is 0 Å². The number of allylic oxidation sites excluding steroid dienone is 4. The maximum Gasteiger partial charge on any atom is 0.139 e. The molecule has 3 heteroatoms. The summed E-state index contributed by atoms with van der Waals surface area (Å²) in [7, 11) is 0. The van der Waals surface area contributed by atoms with E-state index in [0.717, 1.165) is 10.4 Å². The zero-order valence-electron chi connectivity index (χ0n) is 7.20. The van der Waals surface area contributed by atoms with E-state index in [1.54, 1.807) is 6.08 Å². The van der Waals surface area contributed by atoms with Gasteiger partial charge in [0.1, 0.15) is 5.76 Å². The van der Waals surface area contributed by atoms with Gasteiger partial charge in [0.05, 0.1) is 5.70 Å². The second kappa shape index (κ2) is 3.22. The lowest BCUT2D eigenvalue weighted by Gasteiger charge is -2.04. The SMILES string of the molecule is NC1=C(O)C=CC(C2CC2)C=C1Br. The van der Waals surface area contributed by atoms with Crippen LogP contribution in [-0.4, -0.2) is 5.11 Å². The van der Waals surface area contributed by atoms with Crippen molar-refractivity contribution in [1.82, 2.24) is 0 Å². The first-order chi connectivity index (χ1) is 6.18. The molecule has 70 valence electrons. The molecule has 2 aliphatic rings. The molecule has 3 N–H and O–H groups in total. The Kier molecular flexibility index (Phi) is 2.20. The first-order valence-electron chi connectivity index (χ1n) is 4.43. The predicted octanol–water partition coefficient (Wildman–Crippen LogP) is 2.59. The Hall–Kier alpha value is -0.700. The molecule has 13 heavy (non-hydrogen) atoms. The fourth-order valence-electron chi connectivity index (χ4n) is 1.50. The molecule has 2 aliphatic carbocycles. The topological polar surface area (TPSA) is 46.2 Å². The van der Waals surface area contributed by atoms with Crippen molar-refractivity contribution in [3.05, 3.63) is 34.2 Å². The summed E-state index contributed by atoms with van der Waals surface area (Å²) in [4.78, 5) is 0. The lowest BCUT2D eigenvalue weighted by Crippen LogP contribution is -2.01. The van der Waals surface area contributed by atoms with Gasteiger partial charge in [0.25, 0.3) is 0 Å². The Morgan fingerprint density at radius 1 is 1.46 bits per heavy atom. The lowest BCUT2D eigenvalue weighted by molar-refractivity contribution is 0.426. The summed E-state index contributed by atoms with van der Waals surface area (Å²) in [5.74, 6) is 1.34. The molecular weight excluding hydrogens is 230 g/mol. The zero-order valence-corrected chi connectivity index (χ0v) is 8.79. The third-order valence-electron chi connectivity index (χ3n) is 2.51. The molecule has 1 saturated carbocycles. The molecule has 1 fully saturated rings. The first-order valence-corrected chi connectivity index (χ1v) is 5.22. The van der Waals surface area contributed by atoms with E-state index in [-0.39, 0.29) is 5.76 Å². The van der Waals surface area contributed by atoms with Crippen molar-refractivity contribution >= 4 is 15.9 Å². The predicted molar refractivity (Wildman–Crippen MR) is 56.2 cm³/mol. The summed E-state index contributed by atoms with van der Waals surface area (Å²) in [6, 6.07) is 0. The molecule has 0 amide bonds. The fourth-order valence-corrected chi connectivity index (χ4v) is 2.01. The molecule has 0 bridgehead atoms. The van der Waals surface area contributed by atoms with Gasteiger partial charge in [0.2, 0.25) is 0 Å². The van der Waals surface area contributed by atoms with Crippen LogP contribution < -0.4 is 5.73 Å². The van der Waals surface area contributed by atoms with Crippen molar-refractivity contribution in [3.8, 4) is 0 Å². The van der Waals surface area contributed by atoms with E-state index in [0.29, 0.717) is 11.6 Å². The summed E-state index contributed by atoms with van der Waals surface area (Å²) in [6.07, 6.45) is 8.36. The van der Waals surface area contributed by atoms with E-state index in [4.69, 9.17) is 5.73 Å². The van der Waals surface area contributed by atoms with Crippen LogP contribution in [0.5, 0.6) is 0 Å². The maximum absolute atomic E-state index is 9.45. The van der Waals surface area contributed by atoms with Crippen molar-refractivity contribution in [3.63, 3.8) is 0 Å². The van der Waals surface area contributed by atoms with Crippen LogP contribution in [0.1, 0.15) is 12.8 Å². The molecule has 1 atom stereocenters. The Morgan fingerprint density at radius 2 is 2.15 bits per heavy atom. The van der Waals surface area contributed by atoms with Crippen molar-refractivity contribution in [2.75, 3.05) is 0 Å². The molecule has 2 nitrogen and oxygen atoms in total. The maximum atomic E-state index is 9.45. The summed E-state index contributed by atoms with van der Waals surface area (Å²) in [5, 5.41) is 9.45. The number of halogens is 1. The average molecular weight is 242 g/mol. The Morgan fingerprint density at radius 3 is 2.77 bits per heavy atom. The van der Waals surface area contributed by atoms with E-state index in [2.05, 4.69) is 22.0 Å². The molecule has 0 heterocycles. The number of hydrogen-bond acceptors (Lipinski definition) is 2. The van der Waals surface area contributed by atoms with Crippen LogP contribution in [0.15, 0.2) is 34.2 Å². The highest BCUT2D eigenvalue weighted by atomic mass is 79.9. The standard InChI is InChI=1S/C10H12BrNO/c11-8-5-7(6-1-2-6)3-4-9(13)10(8)12/h3-7,13H,1-2,12H2. The highest BCUT2D eigenvalue weighted by Crippen LogP contribution is 2.40. The molecule has 0 aliphatic heterocycles. The van der Waals surface area contributed by atoms with Crippen LogP contribution in [0.2, 0.25) is 0 Å². The third-order valence-corrected chi connectivity index (χ3v) is 3.21. The smallest absolute Gasteiger partial charge is 0.139 e. The van der Waals surface area contributed by atoms with Crippen LogP contribution in [0.25, 0.3) is 0 Å². The van der Waals surface area contributed by atoms with E-state index < -0.39 is 0 Å². The molecule has 0 aromatic carbocycles. The molecule has 2 rings (SSSR count). The number of aliphatic hydroxyl groups excluding tert-OH is 1. The fraction of sp³-hybridized carbons (Fsp3) is 0.400. The van der Waals surface area contributed by atoms with Gasteiger partial charge in [-0.2, -0.15) is 0 Å². The molecule has 1 unspecified atom stereocenters. The van der Waals surface area contributed by atoms with Crippen LogP contribution in [-0.2, 0) is 0 Å². The van der Waals surface area contributed by atoms with Crippen LogP contribution in [0.4, 0.5) is 0 Å². The van der Waals surface area contributed by atoms with E-state index in [1.165, 1.54) is 12.8 Å². The van der Waals surface area contributed by atoms with E-state index in [9.17, 15) is 5.11 Å². The largest absolute Gasteiger partial charge is 0.506 e. The monoisotopic (exact) mass is 241 g/mol. The quantitative estimate of drug-likeness (QED) is 0.742. The van der Waals surface area contributed by atoms with Crippen LogP contribution in [0, 0.1) is 11.8 Å². The Balaban J connectivity index is 2.27. The van der Waals surface area contributed by atoms with Gasteiger partial charge in [-0.05, 0) is 46.7 Å². The first kappa shape index (κ1) is 8.88. The second-order valence-corrected chi connectivity index (χ2v) is 4.44. The van der Waals surface area contributed by atoms with Crippen molar-refractivity contribution in [2.24, 2.45) is 17.6 Å². The molecule has 0 aromatic heterocycles. The summed E-state index contributed by atoms with van der Waals surface area (Å²) < 4.78 is 0.812. The van der Waals surface area contributed by atoms with Gasteiger partial charge in [-0.3, -0.25) is 0 Å². The lowest BCUT2D eigenvalue weighted by atomic mass is 10.0. The molecule has 0 radical (unpaired) electrons. The third kappa shape index (κ3) is 1.80. The molecule has 0 spiro atoms. The summed E-state index contributed by atoms with van der Waals surface area (Å²) in [5.41, 5.74) is 6.10. The van der Waals surface area contributed by atoms with Crippen molar-refractivity contribution in [1.29, 1.82) is 0 Å². The van der Waals surface area contributed by atoms with E-state index >= 15 is 0 Å². The normalized spacial score (nSPS) is 28.7. The molecule has 0 aromatic rings. The van der Waals surface area contributed by atoms with Gasteiger partial charge in [-0.25, -0.2) is 0 Å². The highest BCUT2D eigenvalue weighted by Gasteiger charge is 2.29. The zero-order chi connectivity index (χ0) is 9.42. The molecule has 0 saturated heterocycles. The number of aliphatic hydroxyl groups is 1. The second-order valence-electron chi connectivity index (χ2n) is 3.59. The number of hydrogen-bond donors (Lipinski definition) is 2. The van der Waals surface area contributed by atoms with Crippen molar-refractivity contribution < 1.29 is 5.11 Å². The van der Waals surface area contributed by atoms with Gasteiger partial charge in [-0.15, -0.1) is 0 Å². The number of nitrogens with two attached hydrogens (primary N) is 1. The van der Waals surface area contributed by atoms with Gasteiger partial charge in [0.15, 0.2) is 0 Å². The highest BCUT2D eigenvalue weighted by molar-refractivity contribution is 9.12. The van der Waals surface area contributed by atoms with Crippen molar-refractivity contribution in [2.45, 2.75) is 12.8 Å². The van der Waals surface area contributed by atoms with Crippen LogP contribution >= 0.6 is 15.9 Å². The molecular formula is C10H12BrNO. The van der Waals surface area contributed by atoms with Gasteiger partial charge in [-0.1, -0.05) is 12.2 Å². The van der Waals surface area contributed by atoms with Gasteiger partial charge < -0.3 is 10.8 Å². The minimum absolute atomic E-state index is 0.159. The summed E-state index contributed by atoms with van der Waals surface area (Å²) in [6.45, 7) is 0. The number of rotatable bonds is 1. The Labute approximate surface area is 85.9 Å². The minimum Gasteiger partial charge on any atom is -0.506 e. The van der Waals surface area contributed by atoms with Gasteiger partial charge >= 0.3 is 0 Å². The van der Waals surface area contributed by atoms with Gasteiger partial charge in [0, 0.05) is 4.48 Å².